The van der Waals surface area contributed by atoms with Crippen LogP contribution in [0.1, 0.15) is 10.4 Å². The van der Waals surface area contributed by atoms with Gasteiger partial charge in [0.15, 0.2) is 0 Å². The molecule has 0 bridgehead atoms. The van der Waals surface area contributed by atoms with E-state index in [0.717, 1.165) is 4.47 Å². The fourth-order valence-corrected chi connectivity index (χ4v) is 2.83. The Morgan fingerprint density at radius 1 is 1.05 bits per heavy atom. The highest BCUT2D eigenvalue weighted by Gasteiger charge is 2.14. The largest absolute Gasteiger partial charge is 0.478 e. The van der Waals surface area contributed by atoms with E-state index in [-0.39, 0.29) is 5.56 Å². The summed E-state index contributed by atoms with van der Waals surface area (Å²) in [5.74, 6) is -1.00. The van der Waals surface area contributed by atoms with Crippen molar-refractivity contribution in [2.75, 3.05) is 0 Å². The zero-order valence-electron chi connectivity index (χ0n) is 11.0. The summed E-state index contributed by atoms with van der Waals surface area (Å²) < 4.78 is 0.829. The zero-order chi connectivity index (χ0) is 15.9. The number of halogens is 3. The van der Waals surface area contributed by atoms with Crippen LogP contribution in [0.15, 0.2) is 46.9 Å². The van der Waals surface area contributed by atoms with Crippen LogP contribution in [-0.2, 0) is 0 Å². The third-order valence-electron chi connectivity index (χ3n) is 3.22. The Balaban J connectivity index is 2.30. The van der Waals surface area contributed by atoms with Gasteiger partial charge in [-0.3, -0.25) is 0 Å². The molecule has 3 nitrogen and oxygen atoms in total. The minimum Gasteiger partial charge on any atom is -0.478 e. The molecule has 3 rings (SSSR count). The molecule has 1 heterocycles. The van der Waals surface area contributed by atoms with Gasteiger partial charge in [-0.25, -0.2) is 9.78 Å². The molecule has 0 unspecified atom stereocenters. The van der Waals surface area contributed by atoms with Gasteiger partial charge in [0.2, 0.25) is 0 Å². The molecule has 2 aromatic carbocycles. The van der Waals surface area contributed by atoms with Gasteiger partial charge in [-0.1, -0.05) is 51.3 Å². The Morgan fingerprint density at radius 2 is 1.82 bits per heavy atom. The molecule has 0 aliphatic carbocycles. The molecule has 0 atom stereocenters. The predicted molar refractivity (Wildman–Crippen MR) is 91.9 cm³/mol. The van der Waals surface area contributed by atoms with Crippen molar-refractivity contribution < 1.29 is 9.90 Å². The van der Waals surface area contributed by atoms with Gasteiger partial charge < -0.3 is 5.11 Å². The Hall–Kier alpha value is -1.62. The highest BCUT2D eigenvalue weighted by molar-refractivity contribution is 9.10. The molecule has 0 radical (unpaired) electrons. The first-order chi connectivity index (χ1) is 10.5. The molecule has 3 aromatic rings. The molecule has 110 valence electrons. The lowest BCUT2D eigenvalue weighted by molar-refractivity contribution is 0.0699. The lowest BCUT2D eigenvalue weighted by Gasteiger charge is -2.08. The average Bonchev–Trinajstić information content (AvgIpc) is 2.48. The number of nitrogens with zero attached hydrogens (tertiary/aromatic N) is 1. The molecule has 1 aromatic heterocycles. The molecule has 0 aliphatic heterocycles. The molecular formula is C16H8BrCl2NO2. The highest BCUT2D eigenvalue weighted by Crippen LogP contribution is 2.30. The van der Waals surface area contributed by atoms with Crippen LogP contribution < -0.4 is 0 Å². The van der Waals surface area contributed by atoms with Crippen LogP contribution in [0, 0.1) is 0 Å². The van der Waals surface area contributed by atoms with Gasteiger partial charge in [0.1, 0.15) is 0 Å². The molecule has 0 fully saturated rings. The summed E-state index contributed by atoms with van der Waals surface area (Å²) >= 11 is 15.3. The van der Waals surface area contributed by atoms with Crippen LogP contribution in [0.25, 0.3) is 22.2 Å². The quantitative estimate of drug-likeness (QED) is 0.607. The van der Waals surface area contributed by atoms with Crippen LogP contribution in [-0.4, -0.2) is 16.1 Å². The summed E-state index contributed by atoms with van der Waals surface area (Å²) in [6.07, 6.45) is 0. The normalized spacial score (nSPS) is 10.9. The van der Waals surface area contributed by atoms with E-state index in [1.54, 1.807) is 36.4 Å². The third kappa shape index (κ3) is 2.82. The summed E-state index contributed by atoms with van der Waals surface area (Å²) in [5.41, 5.74) is 2.02. The molecule has 0 amide bonds. The number of benzene rings is 2. The van der Waals surface area contributed by atoms with Gasteiger partial charge in [0.25, 0.3) is 0 Å². The number of aromatic nitrogens is 1. The molecular weight excluding hydrogens is 389 g/mol. The first-order valence-electron chi connectivity index (χ1n) is 6.25. The fourth-order valence-electron chi connectivity index (χ4n) is 2.18. The van der Waals surface area contributed by atoms with E-state index in [4.69, 9.17) is 23.2 Å². The second-order valence-corrected chi connectivity index (χ2v) is 6.38. The van der Waals surface area contributed by atoms with Crippen molar-refractivity contribution in [2.24, 2.45) is 0 Å². The number of aromatic carboxylic acids is 1. The van der Waals surface area contributed by atoms with E-state index in [1.165, 1.54) is 6.07 Å². The molecule has 0 spiro atoms. The molecule has 0 saturated carbocycles. The zero-order valence-corrected chi connectivity index (χ0v) is 14.1. The van der Waals surface area contributed by atoms with E-state index in [1.807, 2.05) is 0 Å². The first-order valence-corrected chi connectivity index (χ1v) is 7.79. The second kappa shape index (κ2) is 5.88. The van der Waals surface area contributed by atoms with E-state index in [0.29, 0.717) is 32.2 Å². The van der Waals surface area contributed by atoms with Crippen LogP contribution in [0.4, 0.5) is 0 Å². The van der Waals surface area contributed by atoms with Crippen molar-refractivity contribution in [1.82, 2.24) is 4.98 Å². The van der Waals surface area contributed by atoms with Gasteiger partial charge in [0.05, 0.1) is 26.8 Å². The van der Waals surface area contributed by atoms with Gasteiger partial charge in [0, 0.05) is 15.4 Å². The summed E-state index contributed by atoms with van der Waals surface area (Å²) in [7, 11) is 0. The van der Waals surface area contributed by atoms with Crippen molar-refractivity contribution >= 4 is 56.0 Å². The molecule has 0 aliphatic rings. The smallest absolute Gasteiger partial charge is 0.336 e. The molecule has 22 heavy (non-hydrogen) atoms. The number of rotatable bonds is 2. The van der Waals surface area contributed by atoms with Gasteiger partial charge in [-0.05, 0) is 30.3 Å². The van der Waals surface area contributed by atoms with Crippen molar-refractivity contribution in [2.45, 2.75) is 0 Å². The van der Waals surface area contributed by atoms with Crippen LogP contribution in [0.3, 0.4) is 0 Å². The van der Waals surface area contributed by atoms with Crippen LogP contribution in [0.2, 0.25) is 10.0 Å². The minimum absolute atomic E-state index is 0.193. The highest BCUT2D eigenvalue weighted by atomic mass is 79.9. The summed E-state index contributed by atoms with van der Waals surface area (Å²) in [6.45, 7) is 0. The van der Waals surface area contributed by atoms with E-state index in [9.17, 15) is 9.90 Å². The number of pyridine rings is 1. The van der Waals surface area contributed by atoms with Gasteiger partial charge in [-0.15, -0.1) is 0 Å². The van der Waals surface area contributed by atoms with Crippen LogP contribution in [0.5, 0.6) is 0 Å². The van der Waals surface area contributed by atoms with Gasteiger partial charge >= 0.3 is 5.97 Å². The molecule has 6 heteroatoms. The Kier molecular flexibility index (Phi) is 4.08. The molecule has 0 saturated heterocycles. The predicted octanol–water partition coefficient (Wildman–Crippen LogP) is 5.67. The van der Waals surface area contributed by atoms with Gasteiger partial charge in [-0.2, -0.15) is 0 Å². The third-order valence-corrected chi connectivity index (χ3v) is 4.45. The number of carboxylic acid groups (broad SMARTS) is 1. The number of hydrogen-bond donors (Lipinski definition) is 1. The summed E-state index contributed by atoms with van der Waals surface area (Å²) in [4.78, 5) is 16.0. The average molecular weight is 397 g/mol. The summed E-state index contributed by atoms with van der Waals surface area (Å²) in [6, 6.07) is 11.9. The Labute approximate surface area is 144 Å². The number of hydrogen-bond acceptors (Lipinski definition) is 2. The maximum absolute atomic E-state index is 11.5. The van der Waals surface area contributed by atoms with Crippen LogP contribution >= 0.6 is 39.1 Å². The lowest BCUT2D eigenvalue weighted by atomic mass is 10.0. The SMILES string of the molecule is O=C(O)c1cc(-c2ccc(Cl)c(Cl)c2)nc2cc(Br)ccc12. The Bertz CT molecular complexity index is 912. The fraction of sp³-hybridized carbons (Fsp3) is 0. The topological polar surface area (TPSA) is 50.2 Å². The van der Waals surface area contributed by atoms with E-state index in [2.05, 4.69) is 20.9 Å². The van der Waals surface area contributed by atoms with Crippen molar-refractivity contribution in [3.05, 3.63) is 62.5 Å². The number of fused-ring (bicyclic) bond motifs is 1. The monoisotopic (exact) mass is 395 g/mol. The van der Waals surface area contributed by atoms with E-state index < -0.39 is 5.97 Å². The lowest BCUT2D eigenvalue weighted by Crippen LogP contribution is -2.00. The number of carbonyl (C=O) groups is 1. The first kappa shape index (κ1) is 15.3. The summed E-state index contributed by atoms with van der Waals surface area (Å²) in [5, 5.41) is 10.9. The van der Waals surface area contributed by atoms with Crippen molar-refractivity contribution in [3.8, 4) is 11.3 Å². The maximum atomic E-state index is 11.5. The van der Waals surface area contributed by atoms with E-state index >= 15 is 0 Å². The Morgan fingerprint density at radius 3 is 2.50 bits per heavy atom. The van der Waals surface area contributed by atoms with Crippen molar-refractivity contribution in [1.29, 1.82) is 0 Å². The minimum atomic E-state index is -1.00. The number of carboxylic acids is 1. The van der Waals surface area contributed by atoms with Crippen molar-refractivity contribution in [3.63, 3.8) is 0 Å². The maximum Gasteiger partial charge on any atom is 0.336 e. The second-order valence-electron chi connectivity index (χ2n) is 4.65. The molecule has 1 N–H and O–H groups in total. The standard InChI is InChI=1S/C16H8BrCl2NO2/c17-9-2-3-10-11(16(21)22)7-14(20-15(10)6-9)8-1-4-12(18)13(19)5-8/h1-7H,(H,21,22).